The maximum absolute atomic E-state index is 13.0. The van der Waals surface area contributed by atoms with E-state index in [4.69, 9.17) is 0 Å². The summed E-state index contributed by atoms with van der Waals surface area (Å²) in [5.74, 6) is 0.685. The number of nitrogens with one attached hydrogen (secondary N) is 1. The molecule has 0 aliphatic heterocycles. The molecule has 0 atom stereocenters. The monoisotopic (exact) mass is 235 g/mol. The normalized spacial score (nSPS) is 17.9. The summed E-state index contributed by atoms with van der Waals surface area (Å²) in [6, 6.07) is 6.86. The number of hydrogen-bond donors (Lipinski definition) is 1. The van der Waals surface area contributed by atoms with Crippen LogP contribution in [0, 0.1) is 11.7 Å². The van der Waals surface area contributed by atoms with E-state index in [9.17, 15) is 4.39 Å². The second kappa shape index (κ2) is 6.75. The second-order valence-corrected chi connectivity index (χ2v) is 5.12. The molecule has 0 saturated heterocycles. The fourth-order valence-electron chi connectivity index (χ4n) is 2.64. The topological polar surface area (TPSA) is 12.0 Å². The molecule has 1 N–H and O–H groups in total. The standard InChI is InChI=1S/C15H22FN/c16-15-9-5-8-14(10-15)12-17-11-13-6-3-1-2-4-7-13/h5,8-10,13,17H,1-4,6-7,11-12H2. The lowest BCUT2D eigenvalue weighted by Crippen LogP contribution is -2.22. The second-order valence-electron chi connectivity index (χ2n) is 5.12. The highest BCUT2D eigenvalue weighted by molar-refractivity contribution is 5.15. The lowest BCUT2D eigenvalue weighted by atomic mass is 10.0. The van der Waals surface area contributed by atoms with Crippen LogP contribution in [0.15, 0.2) is 24.3 Å². The Balaban J connectivity index is 1.71. The fourth-order valence-corrected chi connectivity index (χ4v) is 2.64. The zero-order chi connectivity index (χ0) is 11.9. The number of benzene rings is 1. The van der Waals surface area contributed by atoms with Gasteiger partial charge in [-0.15, -0.1) is 0 Å². The van der Waals surface area contributed by atoms with Crippen LogP contribution in [0.25, 0.3) is 0 Å². The van der Waals surface area contributed by atoms with Gasteiger partial charge in [0.2, 0.25) is 0 Å². The SMILES string of the molecule is Fc1cccc(CNCC2CCCCCC2)c1. The average Bonchev–Trinajstić information content (AvgIpc) is 2.58. The van der Waals surface area contributed by atoms with Crippen LogP contribution in [-0.4, -0.2) is 6.54 Å². The van der Waals surface area contributed by atoms with E-state index in [1.54, 1.807) is 12.1 Å². The summed E-state index contributed by atoms with van der Waals surface area (Å²) >= 11 is 0. The van der Waals surface area contributed by atoms with E-state index in [2.05, 4.69) is 5.32 Å². The molecule has 17 heavy (non-hydrogen) atoms. The molecule has 0 amide bonds. The van der Waals surface area contributed by atoms with Crippen molar-refractivity contribution in [3.63, 3.8) is 0 Å². The predicted octanol–water partition coefficient (Wildman–Crippen LogP) is 3.89. The van der Waals surface area contributed by atoms with Crippen LogP contribution in [0.1, 0.15) is 44.1 Å². The van der Waals surface area contributed by atoms with Gasteiger partial charge in [-0.3, -0.25) is 0 Å². The van der Waals surface area contributed by atoms with E-state index in [1.165, 1.54) is 44.6 Å². The molecule has 0 heterocycles. The van der Waals surface area contributed by atoms with Gasteiger partial charge in [-0.2, -0.15) is 0 Å². The van der Waals surface area contributed by atoms with Gasteiger partial charge < -0.3 is 5.32 Å². The Labute approximate surface area is 103 Å². The first-order chi connectivity index (χ1) is 8.34. The molecule has 2 heteroatoms. The predicted molar refractivity (Wildman–Crippen MR) is 69.3 cm³/mol. The van der Waals surface area contributed by atoms with Gasteiger partial charge >= 0.3 is 0 Å². The van der Waals surface area contributed by atoms with E-state index < -0.39 is 0 Å². The molecular weight excluding hydrogens is 213 g/mol. The summed E-state index contributed by atoms with van der Waals surface area (Å²) in [7, 11) is 0. The van der Waals surface area contributed by atoms with Crippen molar-refractivity contribution >= 4 is 0 Å². The Morgan fingerprint density at radius 1 is 1.12 bits per heavy atom. The van der Waals surface area contributed by atoms with Crippen LogP contribution in [0.3, 0.4) is 0 Å². The molecule has 1 aliphatic carbocycles. The van der Waals surface area contributed by atoms with Crippen molar-refractivity contribution in [2.75, 3.05) is 6.54 Å². The third kappa shape index (κ3) is 4.47. The maximum Gasteiger partial charge on any atom is 0.123 e. The molecule has 0 unspecified atom stereocenters. The molecule has 1 saturated carbocycles. The highest BCUT2D eigenvalue weighted by Gasteiger charge is 2.11. The van der Waals surface area contributed by atoms with Crippen molar-refractivity contribution in [3.05, 3.63) is 35.6 Å². The zero-order valence-corrected chi connectivity index (χ0v) is 10.4. The van der Waals surface area contributed by atoms with Crippen molar-refractivity contribution in [1.29, 1.82) is 0 Å². The van der Waals surface area contributed by atoms with Crippen molar-refractivity contribution in [1.82, 2.24) is 5.32 Å². The van der Waals surface area contributed by atoms with Gasteiger partial charge in [0.1, 0.15) is 5.82 Å². The van der Waals surface area contributed by atoms with Crippen molar-refractivity contribution in [2.45, 2.75) is 45.1 Å². The lowest BCUT2D eigenvalue weighted by Gasteiger charge is -2.14. The molecule has 0 radical (unpaired) electrons. The first kappa shape index (κ1) is 12.6. The number of rotatable bonds is 4. The van der Waals surface area contributed by atoms with E-state index >= 15 is 0 Å². The van der Waals surface area contributed by atoms with Crippen molar-refractivity contribution in [2.24, 2.45) is 5.92 Å². The molecule has 1 aromatic carbocycles. The van der Waals surface area contributed by atoms with Crippen LogP contribution in [0.2, 0.25) is 0 Å². The van der Waals surface area contributed by atoms with Gasteiger partial charge in [-0.1, -0.05) is 37.8 Å². The van der Waals surface area contributed by atoms with E-state index in [0.29, 0.717) is 0 Å². The Morgan fingerprint density at radius 2 is 1.88 bits per heavy atom. The molecule has 0 spiro atoms. The fraction of sp³-hybridized carbons (Fsp3) is 0.600. The van der Waals surface area contributed by atoms with E-state index in [1.807, 2.05) is 6.07 Å². The highest BCUT2D eigenvalue weighted by atomic mass is 19.1. The third-order valence-corrected chi connectivity index (χ3v) is 3.63. The largest absolute Gasteiger partial charge is 0.312 e. The van der Waals surface area contributed by atoms with Crippen molar-refractivity contribution < 1.29 is 4.39 Å². The van der Waals surface area contributed by atoms with Gasteiger partial charge in [-0.05, 0) is 43.0 Å². The van der Waals surface area contributed by atoms with Gasteiger partial charge in [0.25, 0.3) is 0 Å². The summed E-state index contributed by atoms with van der Waals surface area (Å²) in [4.78, 5) is 0. The minimum atomic E-state index is -0.140. The van der Waals surface area contributed by atoms with E-state index in [-0.39, 0.29) is 5.82 Å². The number of hydrogen-bond acceptors (Lipinski definition) is 1. The molecule has 0 aromatic heterocycles. The zero-order valence-electron chi connectivity index (χ0n) is 10.4. The first-order valence-electron chi connectivity index (χ1n) is 6.80. The Kier molecular flexibility index (Phi) is 4.99. The number of halogens is 1. The molecule has 1 aromatic rings. The minimum Gasteiger partial charge on any atom is -0.312 e. The van der Waals surface area contributed by atoms with Crippen LogP contribution >= 0.6 is 0 Å². The summed E-state index contributed by atoms with van der Waals surface area (Å²) in [5.41, 5.74) is 1.04. The average molecular weight is 235 g/mol. The molecule has 2 rings (SSSR count). The first-order valence-corrected chi connectivity index (χ1v) is 6.80. The van der Waals surface area contributed by atoms with Gasteiger partial charge in [0.15, 0.2) is 0 Å². The smallest absolute Gasteiger partial charge is 0.123 e. The highest BCUT2D eigenvalue weighted by Crippen LogP contribution is 2.22. The summed E-state index contributed by atoms with van der Waals surface area (Å²) in [5, 5.41) is 3.46. The molecule has 1 fully saturated rings. The molecule has 1 aliphatic rings. The Hall–Kier alpha value is -0.890. The molecule has 0 bridgehead atoms. The lowest BCUT2D eigenvalue weighted by molar-refractivity contribution is 0.425. The molecule has 1 nitrogen and oxygen atoms in total. The van der Waals surface area contributed by atoms with Crippen LogP contribution in [-0.2, 0) is 6.54 Å². The van der Waals surface area contributed by atoms with Crippen LogP contribution in [0.5, 0.6) is 0 Å². The maximum atomic E-state index is 13.0. The quantitative estimate of drug-likeness (QED) is 0.781. The summed E-state index contributed by atoms with van der Waals surface area (Å²) in [6.45, 7) is 1.87. The Bertz CT molecular complexity index is 329. The van der Waals surface area contributed by atoms with E-state index in [0.717, 1.165) is 24.6 Å². The van der Waals surface area contributed by atoms with Crippen molar-refractivity contribution in [3.8, 4) is 0 Å². The molecule has 94 valence electrons. The third-order valence-electron chi connectivity index (χ3n) is 3.63. The summed E-state index contributed by atoms with van der Waals surface area (Å²) in [6.07, 6.45) is 8.28. The minimum absolute atomic E-state index is 0.140. The van der Waals surface area contributed by atoms with Gasteiger partial charge in [0, 0.05) is 6.54 Å². The van der Waals surface area contributed by atoms with Gasteiger partial charge in [0.05, 0.1) is 0 Å². The van der Waals surface area contributed by atoms with Crippen LogP contribution in [0.4, 0.5) is 4.39 Å². The summed E-state index contributed by atoms with van der Waals surface area (Å²) < 4.78 is 13.0. The van der Waals surface area contributed by atoms with Gasteiger partial charge in [-0.25, -0.2) is 4.39 Å². The molecular formula is C15H22FN. The Morgan fingerprint density at radius 3 is 2.59 bits per heavy atom. The van der Waals surface area contributed by atoms with Crippen LogP contribution < -0.4 is 5.32 Å².